The van der Waals surface area contributed by atoms with Crippen LogP contribution in [0, 0.1) is 0 Å². The third-order valence-corrected chi connectivity index (χ3v) is 4.16. The van der Waals surface area contributed by atoms with Gasteiger partial charge in [0.25, 0.3) is 0 Å². The number of nitrogens with zero attached hydrogens (tertiary/aromatic N) is 1. The Morgan fingerprint density at radius 1 is 1.47 bits per heavy atom. The molecule has 2 unspecified atom stereocenters. The van der Waals surface area contributed by atoms with E-state index >= 15 is 0 Å². The van der Waals surface area contributed by atoms with Gasteiger partial charge < -0.3 is 20.1 Å². The fourth-order valence-corrected chi connectivity index (χ4v) is 2.63. The molecule has 1 aliphatic heterocycles. The van der Waals surface area contributed by atoms with Gasteiger partial charge >= 0.3 is 12.0 Å². The Labute approximate surface area is 113 Å². The van der Waals surface area contributed by atoms with Crippen molar-refractivity contribution in [3.63, 3.8) is 0 Å². The molecule has 19 heavy (non-hydrogen) atoms. The summed E-state index contributed by atoms with van der Waals surface area (Å²) in [5.74, 6) is -0.929. The number of hydrogen-bond acceptors (Lipinski definition) is 3. The first-order valence-electron chi connectivity index (χ1n) is 6.92. The molecule has 2 rings (SSSR count). The van der Waals surface area contributed by atoms with Gasteiger partial charge in [0.2, 0.25) is 0 Å². The molecule has 1 saturated heterocycles. The molecule has 0 radical (unpaired) electrons. The molecule has 0 aromatic carbocycles. The number of rotatable bonds is 3. The highest BCUT2D eigenvalue weighted by Gasteiger charge is 2.47. The summed E-state index contributed by atoms with van der Waals surface area (Å²) in [6, 6.07) is -0.244. The molecule has 2 fully saturated rings. The van der Waals surface area contributed by atoms with Crippen molar-refractivity contribution in [2.24, 2.45) is 0 Å². The molecular weight excluding hydrogens is 248 g/mol. The van der Waals surface area contributed by atoms with Gasteiger partial charge in [0, 0.05) is 6.54 Å². The number of aliphatic carboxylic acids is 1. The van der Waals surface area contributed by atoms with E-state index in [1.54, 1.807) is 4.90 Å². The molecule has 2 atom stereocenters. The average molecular weight is 270 g/mol. The van der Waals surface area contributed by atoms with Gasteiger partial charge in [-0.1, -0.05) is 6.92 Å². The summed E-state index contributed by atoms with van der Waals surface area (Å²) in [5.41, 5.74) is -1.04. The number of nitrogens with one attached hydrogen (secondary N) is 1. The standard InChI is InChI=1S/C13H22N2O4/c1-3-10-8-19-9(2)7-15(10)12(18)14-13(11(16)17)5-4-6-13/h9-10H,3-8H2,1-2H3,(H,14,18)(H,16,17). The number of carbonyl (C=O) groups excluding carboxylic acids is 1. The van der Waals surface area contributed by atoms with Crippen molar-refractivity contribution < 1.29 is 19.4 Å². The summed E-state index contributed by atoms with van der Waals surface area (Å²) in [6.07, 6.45) is 2.69. The lowest BCUT2D eigenvalue weighted by Crippen LogP contribution is -2.64. The molecule has 1 heterocycles. The van der Waals surface area contributed by atoms with E-state index in [2.05, 4.69) is 5.32 Å². The van der Waals surface area contributed by atoms with Crippen LogP contribution >= 0.6 is 0 Å². The van der Waals surface area contributed by atoms with Crippen LogP contribution in [0.3, 0.4) is 0 Å². The van der Waals surface area contributed by atoms with E-state index < -0.39 is 11.5 Å². The topological polar surface area (TPSA) is 78.9 Å². The second kappa shape index (κ2) is 5.36. The first-order chi connectivity index (χ1) is 8.98. The van der Waals surface area contributed by atoms with Crippen LogP contribution < -0.4 is 5.32 Å². The maximum Gasteiger partial charge on any atom is 0.329 e. The summed E-state index contributed by atoms with van der Waals surface area (Å²) >= 11 is 0. The van der Waals surface area contributed by atoms with Gasteiger partial charge in [-0.2, -0.15) is 0 Å². The third kappa shape index (κ3) is 2.68. The number of carbonyl (C=O) groups is 2. The zero-order valence-corrected chi connectivity index (χ0v) is 11.5. The first-order valence-corrected chi connectivity index (χ1v) is 6.92. The molecule has 0 bridgehead atoms. The van der Waals surface area contributed by atoms with Crippen LogP contribution in [0.1, 0.15) is 39.5 Å². The van der Waals surface area contributed by atoms with Crippen LogP contribution in [0.2, 0.25) is 0 Å². The third-order valence-electron chi connectivity index (χ3n) is 4.16. The molecule has 2 N–H and O–H groups in total. The lowest BCUT2D eigenvalue weighted by molar-refractivity contribution is -0.148. The smallest absolute Gasteiger partial charge is 0.329 e. The van der Waals surface area contributed by atoms with Crippen LogP contribution in [-0.4, -0.2) is 52.8 Å². The monoisotopic (exact) mass is 270 g/mol. The molecule has 0 spiro atoms. The largest absolute Gasteiger partial charge is 0.480 e. The van der Waals surface area contributed by atoms with Crippen LogP contribution in [0.25, 0.3) is 0 Å². The fourth-order valence-electron chi connectivity index (χ4n) is 2.63. The highest BCUT2D eigenvalue weighted by atomic mass is 16.5. The predicted octanol–water partition coefficient (Wildman–Crippen LogP) is 1.20. The number of hydrogen-bond donors (Lipinski definition) is 2. The van der Waals surface area contributed by atoms with Gasteiger partial charge in [0.1, 0.15) is 5.54 Å². The lowest BCUT2D eigenvalue weighted by Gasteiger charge is -2.43. The molecule has 6 nitrogen and oxygen atoms in total. The Bertz CT molecular complexity index is 368. The van der Waals surface area contributed by atoms with Gasteiger partial charge in [0.15, 0.2) is 0 Å². The maximum atomic E-state index is 12.3. The zero-order chi connectivity index (χ0) is 14.0. The Morgan fingerprint density at radius 2 is 2.16 bits per heavy atom. The second-order valence-corrected chi connectivity index (χ2v) is 5.53. The van der Waals surface area contributed by atoms with Crippen LogP contribution in [0.5, 0.6) is 0 Å². The summed E-state index contributed by atoms with van der Waals surface area (Å²) in [4.78, 5) is 25.3. The van der Waals surface area contributed by atoms with Gasteiger partial charge in [-0.05, 0) is 32.6 Å². The highest BCUT2D eigenvalue weighted by molar-refractivity contribution is 5.87. The molecule has 6 heteroatoms. The highest BCUT2D eigenvalue weighted by Crippen LogP contribution is 2.32. The number of carboxylic acid groups (broad SMARTS) is 1. The summed E-state index contributed by atoms with van der Waals surface area (Å²) in [6.45, 7) is 4.95. The minimum Gasteiger partial charge on any atom is -0.480 e. The average Bonchev–Trinajstić information content (AvgIpc) is 2.33. The Morgan fingerprint density at radius 3 is 2.63 bits per heavy atom. The van der Waals surface area contributed by atoms with Gasteiger partial charge in [-0.15, -0.1) is 0 Å². The fraction of sp³-hybridized carbons (Fsp3) is 0.846. The predicted molar refractivity (Wildman–Crippen MR) is 68.9 cm³/mol. The van der Waals surface area contributed by atoms with Crippen molar-refractivity contribution in [2.75, 3.05) is 13.2 Å². The molecule has 0 aromatic heterocycles. The summed E-state index contributed by atoms with van der Waals surface area (Å²) < 4.78 is 5.54. The van der Waals surface area contributed by atoms with Crippen LogP contribution in [-0.2, 0) is 9.53 Å². The molecule has 1 aliphatic carbocycles. The Kier molecular flexibility index (Phi) is 3.99. The van der Waals surface area contributed by atoms with Gasteiger partial charge in [-0.3, -0.25) is 0 Å². The molecule has 108 valence electrons. The Hall–Kier alpha value is -1.30. The summed E-state index contributed by atoms with van der Waals surface area (Å²) in [5, 5.41) is 12.0. The van der Waals surface area contributed by atoms with E-state index in [1.165, 1.54) is 0 Å². The minimum absolute atomic E-state index is 0.00396. The van der Waals surface area contributed by atoms with Crippen molar-refractivity contribution in [1.82, 2.24) is 10.2 Å². The number of urea groups is 1. The molecule has 2 aliphatic rings. The molecule has 0 aromatic rings. The van der Waals surface area contributed by atoms with Crippen molar-refractivity contribution in [2.45, 2.75) is 57.2 Å². The number of carboxylic acids is 1. The Balaban J connectivity index is 2.03. The normalized spacial score (nSPS) is 29.5. The number of ether oxygens (including phenoxy) is 1. The molecule has 1 saturated carbocycles. The summed E-state index contributed by atoms with van der Waals surface area (Å²) in [7, 11) is 0. The van der Waals surface area contributed by atoms with E-state index in [-0.39, 0.29) is 18.2 Å². The van der Waals surface area contributed by atoms with E-state index in [4.69, 9.17) is 4.74 Å². The lowest BCUT2D eigenvalue weighted by atomic mass is 9.77. The number of amides is 2. The quantitative estimate of drug-likeness (QED) is 0.807. The number of morpholine rings is 1. The minimum atomic E-state index is -1.04. The first kappa shape index (κ1) is 14.1. The van der Waals surface area contributed by atoms with Crippen molar-refractivity contribution in [3.05, 3.63) is 0 Å². The van der Waals surface area contributed by atoms with E-state index in [0.717, 1.165) is 12.8 Å². The van der Waals surface area contributed by atoms with Crippen LogP contribution in [0.4, 0.5) is 4.79 Å². The van der Waals surface area contributed by atoms with Crippen molar-refractivity contribution in [1.29, 1.82) is 0 Å². The van der Waals surface area contributed by atoms with Gasteiger partial charge in [0.05, 0.1) is 18.8 Å². The molecule has 2 amide bonds. The maximum absolute atomic E-state index is 12.3. The zero-order valence-electron chi connectivity index (χ0n) is 11.5. The van der Waals surface area contributed by atoms with Crippen molar-refractivity contribution in [3.8, 4) is 0 Å². The van der Waals surface area contributed by atoms with Crippen molar-refractivity contribution >= 4 is 12.0 Å². The van der Waals surface area contributed by atoms with E-state index in [0.29, 0.717) is 26.0 Å². The second-order valence-electron chi connectivity index (χ2n) is 5.53. The van der Waals surface area contributed by atoms with Gasteiger partial charge in [-0.25, -0.2) is 9.59 Å². The van der Waals surface area contributed by atoms with E-state index in [1.807, 2.05) is 13.8 Å². The van der Waals surface area contributed by atoms with E-state index in [9.17, 15) is 14.7 Å². The molecular formula is C13H22N2O4. The van der Waals surface area contributed by atoms with Crippen LogP contribution in [0.15, 0.2) is 0 Å². The SMILES string of the molecule is CCC1COC(C)CN1C(=O)NC1(C(=O)O)CCC1.